The number of hydrogen-bond acceptors (Lipinski definition) is 4. The van der Waals surface area contributed by atoms with Gasteiger partial charge >= 0.3 is 0 Å². The van der Waals surface area contributed by atoms with Gasteiger partial charge in [0.25, 0.3) is 0 Å². The van der Waals surface area contributed by atoms with E-state index in [1.807, 2.05) is 0 Å². The Labute approximate surface area is 71.5 Å². The predicted octanol–water partition coefficient (Wildman–Crippen LogP) is -1.28. The van der Waals surface area contributed by atoms with E-state index < -0.39 is 24.2 Å². The molecule has 1 saturated carbocycles. The molecule has 1 aliphatic carbocycles. The summed E-state index contributed by atoms with van der Waals surface area (Å²) in [7, 11) is 0. The van der Waals surface area contributed by atoms with E-state index in [0.29, 0.717) is 6.42 Å². The smallest absolute Gasteiger partial charge is 0.0853 e. The fourth-order valence-electron chi connectivity index (χ4n) is 1.66. The first-order valence-electron chi connectivity index (χ1n) is 4.23. The largest absolute Gasteiger partial charge is 0.396 e. The Morgan fingerprint density at radius 2 is 1.75 bits per heavy atom. The van der Waals surface area contributed by atoms with Crippen molar-refractivity contribution in [3.63, 3.8) is 0 Å². The Hall–Kier alpha value is -0.160. The van der Waals surface area contributed by atoms with Crippen LogP contribution < -0.4 is 0 Å². The van der Waals surface area contributed by atoms with Crippen molar-refractivity contribution >= 4 is 0 Å². The lowest BCUT2D eigenvalue weighted by Gasteiger charge is -2.38. The van der Waals surface area contributed by atoms with Crippen molar-refractivity contribution in [1.82, 2.24) is 0 Å². The average Bonchev–Trinajstić information content (AvgIpc) is 2.08. The van der Waals surface area contributed by atoms with Crippen LogP contribution in [0.25, 0.3) is 0 Å². The fraction of sp³-hybridized carbons (Fsp3) is 1.00. The van der Waals surface area contributed by atoms with Crippen molar-refractivity contribution in [2.45, 2.75) is 31.7 Å². The van der Waals surface area contributed by atoms with Gasteiger partial charge in [0.15, 0.2) is 0 Å². The maximum absolute atomic E-state index is 9.40. The number of hydrogen-bond donors (Lipinski definition) is 4. The van der Waals surface area contributed by atoms with Gasteiger partial charge in [0.2, 0.25) is 0 Å². The third kappa shape index (κ3) is 1.61. The van der Waals surface area contributed by atoms with Crippen LogP contribution in [0, 0.1) is 11.8 Å². The Kier molecular flexibility index (Phi) is 3.06. The van der Waals surface area contributed by atoms with Crippen molar-refractivity contribution in [3.05, 3.63) is 0 Å². The van der Waals surface area contributed by atoms with Gasteiger partial charge in [-0.1, -0.05) is 6.92 Å². The number of aliphatic hydroxyl groups is 4. The zero-order valence-corrected chi connectivity index (χ0v) is 7.09. The van der Waals surface area contributed by atoms with Crippen LogP contribution in [0.2, 0.25) is 0 Å². The maximum atomic E-state index is 9.40. The molecule has 0 saturated heterocycles. The molecule has 1 aliphatic rings. The standard InChI is InChI=1S/C8H16O4/c1-4-6(10)2-5(3-9)8(12)7(4)11/h4-12H,2-3H2,1H3/t4?,5?,6-,7-,8+/m1/s1. The lowest BCUT2D eigenvalue weighted by molar-refractivity contribution is -0.126. The van der Waals surface area contributed by atoms with Crippen molar-refractivity contribution in [2.75, 3.05) is 6.61 Å². The summed E-state index contributed by atoms with van der Waals surface area (Å²) >= 11 is 0. The van der Waals surface area contributed by atoms with Gasteiger partial charge in [-0.05, 0) is 6.42 Å². The molecule has 0 amide bonds. The van der Waals surface area contributed by atoms with Crippen LogP contribution in [0.5, 0.6) is 0 Å². The van der Waals surface area contributed by atoms with E-state index in [9.17, 15) is 15.3 Å². The lowest BCUT2D eigenvalue weighted by Crippen LogP contribution is -2.49. The third-order valence-electron chi connectivity index (χ3n) is 2.76. The van der Waals surface area contributed by atoms with Crippen molar-refractivity contribution in [3.8, 4) is 0 Å². The first-order chi connectivity index (χ1) is 5.57. The number of aliphatic hydroxyl groups excluding tert-OH is 4. The summed E-state index contributed by atoms with van der Waals surface area (Å²) in [6.45, 7) is 1.49. The summed E-state index contributed by atoms with van der Waals surface area (Å²) in [4.78, 5) is 0. The van der Waals surface area contributed by atoms with E-state index in [1.54, 1.807) is 6.92 Å². The van der Waals surface area contributed by atoms with Gasteiger partial charge in [0.1, 0.15) is 0 Å². The summed E-state index contributed by atoms with van der Waals surface area (Å²) in [5, 5.41) is 37.0. The molecule has 0 aromatic carbocycles. The second-order valence-electron chi connectivity index (χ2n) is 3.59. The summed E-state index contributed by atoms with van der Waals surface area (Å²) in [5.74, 6) is -0.714. The fourth-order valence-corrected chi connectivity index (χ4v) is 1.66. The molecule has 12 heavy (non-hydrogen) atoms. The summed E-state index contributed by atoms with van der Waals surface area (Å²) in [6.07, 6.45) is -2.10. The van der Waals surface area contributed by atoms with Crippen LogP contribution >= 0.6 is 0 Å². The number of rotatable bonds is 1. The predicted molar refractivity (Wildman–Crippen MR) is 42.4 cm³/mol. The second kappa shape index (κ2) is 3.70. The topological polar surface area (TPSA) is 80.9 Å². The van der Waals surface area contributed by atoms with Gasteiger partial charge < -0.3 is 20.4 Å². The molecule has 0 spiro atoms. The van der Waals surface area contributed by atoms with E-state index >= 15 is 0 Å². The highest BCUT2D eigenvalue weighted by atomic mass is 16.3. The van der Waals surface area contributed by atoms with Crippen molar-refractivity contribution in [1.29, 1.82) is 0 Å². The van der Waals surface area contributed by atoms with Gasteiger partial charge in [0.05, 0.1) is 18.3 Å². The molecule has 1 rings (SSSR count). The average molecular weight is 176 g/mol. The van der Waals surface area contributed by atoms with Crippen LogP contribution in [0.15, 0.2) is 0 Å². The second-order valence-corrected chi connectivity index (χ2v) is 3.59. The third-order valence-corrected chi connectivity index (χ3v) is 2.76. The summed E-state index contributed by atoms with van der Waals surface area (Å²) in [6, 6.07) is 0. The first kappa shape index (κ1) is 9.92. The molecule has 2 unspecified atom stereocenters. The normalized spacial score (nSPS) is 49.2. The highest BCUT2D eigenvalue weighted by Crippen LogP contribution is 2.29. The molecular weight excluding hydrogens is 160 g/mol. The van der Waals surface area contributed by atoms with E-state index in [2.05, 4.69) is 0 Å². The minimum absolute atomic E-state index is 0.192. The van der Waals surface area contributed by atoms with E-state index in [0.717, 1.165) is 0 Å². The molecule has 5 atom stereocenters. The molecule has 4 nitrogen and oxygen atoms in total. The molecular formula is C8H16O4. The lowest BCUT2D eigenvalue weighted by atomic mass is 9.77. The molecule has 0 aromatic rings. The highest BCUT2D eigenvalue weighted by Gasteiger charge is 2.39. The minimum atomic E-state index is -0.925. The van der Waals surface area contributed by atoms with Crippen molar-refractivity contribution < 1.29 is 20.4 Å². The van der Waals surface area contributed by atoms with Gasteiger partial charge in [-0.2, -0.15) is 0 Å². The molecule has 4 N–H and O–H groups in total. The maximum Gasteiger partial charge on any atom is 0.0853 e. The Balaban J connectivity index is 2.63. The first-order valence-corrected chi connectivity index (χ1v) is 4.23. The van der Waals surface area contributed by atoms with Crippen LogP contribution in [0.4, 0.5) is 0 Å². The van der Waals surface area contributed by atoms with E-state index in [-0.39, 0.29) is 12.5 Å². The van der Waals surface area contributed by atoms with Crippen molar-refractivity contribution in [2.24, 2.45) is 11.8 Å². The molecule has 1 fully saturated rings. The van der Waals surface area contributed by atoms with Gasteiger partial charge in [0, 0.05) is 18.4 Å². The molecule has 0 aliphatic heterocycles. The SMILES string of the molecule is CC1[C@H](O)CC(CO)[C@H](O)[C@@H]1O. The highest BCUT2D eigenvalue weighted by molar-refractivity contribution is 4.89. The van der Waals surface area contributed by atoms with Crippen LogP contribution in [-0.2, 0) is 0 Å². The van der Waals surface area contributed by atoms with E-state index in [1.165, 1.54) is 0 Å². The zero-order chi connectivity index (χ0) is 9.30. The van der Waals surface area contributed by atoms with Gasteiger partial charge in [-0.15, -0.1) is 0 Å². The monoisotopic (exact) mass is 176 g/mol. The van der Waals surface area contributed by atoms with Gasteiger partial charge in [-0.3, -0.25) is 0 Å². The molecule has 4 heteroatoms. The minimum Gasteiger partial charge on any atom is -0.396 e. The molecule has 0 heterocycles. The Morgan fingerprint density at radius 3 is 2.25 bits per heavy atom. The van der Waals surface area contributed by atoms with Gasteiger partial charge in [-0.25, -0.2) is 0 Å². The quantitative estimate of drug-likeness (QED) is 0.401. The summed E-state index contributed by atoms with van der Waals surface area (Å²) < 4.78 is 0. The molecule has 0 radical (unpaired) electrons. The Bertz CT molecular complexity index is 145. The van der Waals surface area contributed by atoms with Crippen LogP contribution in [0.1, 0.15) is 13.3 Å². The molecule has 0 aromatic heterocycles. The molecule has 72 valence electrons. The summed E-state index contributed by atoms with van der Waals surface area (Å²) in [5.41, 5.74) is 0. The van der Waals surface area contributed by atoms with E-state index in [4.69, 9.17) is 5.11 Å². The van der Waals surface area contributed by atoms with Crippen LogP contribution in [-0.4, -0.2) is 45.3 Å². The van der Waals surface area contributed by atoms with Crippen LogP contribution in [0.3, 0.4) is 0 Å². The molecule has 0 bridgehead atoms. The Morgan fingerprint density at radius 1 is 1.17 bits per heavy atom. The zero-order valence-electron chi connectivity index (χ0n) is 7.09.